The van der Waals surface area contributed by atoms with Crippen LogP contribution in [0.3, 0.4) is 0 Å². The van der Waals surface area contributed by atoms with Gasteiger partial charge in [0.2, 0.25) is 0 Å². The Morgan fingerprint density at radius 2 is 1.93 bits per heavy atom. The zero-order valence-corrected chi connectivity index (χ0v) is 10.1. The van der Waals surface area contributed by atoms with Gasteiger partial charge < -0.3 is 5.11 Å². The fourth-order valence-electron chi connectivity index (χ4n) is 1.40. The molecule has 15 heavy (non-hydrogen) atoms. The van der Waals surface area contributed by atoms with Gasteiger partial charge in [0, 0.05) is 12.0 Å². The second-order valence-electron chi connectivity index (χ2n) is 4.34. The van der Waals surface area contributed by atoms with Crippen molar-refractivity contribution in [2.24, 2.45) is 0 Å². The molecule has 1 N–H and O–H groups in total. The Kier molecular flexibility index (Phi) is 5.51. The van der Waals surface area contributed by atoms with Crippen LogP contribution in [0, 0.1) is 0 Å². The molecule has 0 unspecified atom stereocenters. The monoisotopic (exact) mass is 210 g/mol. The first-order valence-corrected chi connectivity index (χ1v) is 5.40. The smallest absolute Gasteiger partial charge is 0.160 e. The lowest BCUT2D eigenvalue weighted by Crippen LogP contribution is -2.30. The number of Topliss-reactive ketones (excluding diaryl/α,β-unsaturated/α-hetero) is 1. The van der Waals surface area contributed by atoms with Crippen molar-refractivity contribution in [2.45, 2.75) is 52.1 Å². The average molecular weight is 210 g/mol. The Labute approximate surface area is 92.7 Å². The highest BCUT2D eigenvalue weighted by Crippen LogP contribution is 2.24. The molecular weight excluding hydrogens is 188 g/mol. The highest BCUT2D eigenvalue weighted by atomic mass is 16.3. The van der Waals surface area contributed by atoms with E-state index >= 15 is 0 Å². The third-order valence-corrected chi connectivity index (χ3v) is 2.57. The normalized spacial score (nSPS) is 14.4. The van der Waals surface area contributed by atoms with Crippen molar-refractivity contribution in [1.82, 2.24) is 0 Å². The molecule has 0 saturated carbocycles. The van der Waals surface area contributed by atoms with E-state index < -0.39 is 5.60 Å². The van der Waals surface area contributed by atoms with Crippen LogP contribution in [0.5, 0.6) is 0 Å². The van der Waals surface area contributed by atoms with E-state index in [0.29, 0.717) is 18.4 Å². The van der Waals surface area contributed by atoms with E-state index in [-0.39, 0.29) is 5.78 Å². The minimum Gasteiger partial charge on any atom is -0.385 e. The lowest BCUT2D eigenvalue weighted by Gasteiger charge is -2.24. The van der Waals surface area contributed by atoms with Crippen LogP contribution in [0.4, 0.5) is 0 Å². The summed E-state index contributed by atoms with van der Waals surface area (Å²) in [7, 11) is 0. The van der Waals surface area contributed by atoms with Gasteiger partial charge in [0.25, 0.3) is 0 Å². The summed E-state index contributed by atoms with van der Waals surface area (Å²) >= 11 is 0. The van der Waals surface area contributed by atoms with Crippen LogP contribution < -0.4 is 0 Å². The van der Waals surface area contributed by atoms with Gasteiger partial charge in [0.15, 0.2) is 5.78 Å². The number of carbonyl (C=O) groups is 1. The number of aliphatic hydroxyl groups is 1. The summed E-state index contributed by atoms with van der Waals surface area (Å²) in [5, 5.41) is 10.0. The highest BCUT2D eigenvalue weighted by Gasteiger charge is 2.27. The molecule has 1 atom stereocenters. The molecule has 0 heterocycles. The quantitative estimate of drug-likeness (QED) is 0.518. The Morgan fingerprint density at radius 1 is 1.40 bits per heavy atom. The predicted octanol–water partition coefficient (Wildman–Crippen LogP) is 3.02. The minimum absolute atomic E-state index is 0.0599. The van der Waals surface area contributed by atoms with Gasteiger partial charge in [-0.3, -0.25) is 4.79 Å². The van der Waals surface area contributed by atoms with Crippen LogP contribution >= 0.6 is 0 Å². The molecule has 0 aliphatic rings. The first-order chi connectivity index (χ1) is 6.81. The summed E-state index contributed by atoms with van der Waals surface area (Å²) in [6, 6.07) is 0. The topological polar surface area (TPSA) is 37.3 Å². The standard InChI is InChI=1S/C13H22O2/c1-6-12(14)11(4)13(5,15)9-7-8-10(2)3/h15H,2,4,6-9H2,1,3,5H3/t13-/m1/s1. The summed E-state index contributed by atoms with van der Waals surface area (Å²) in [6.45, 7) is 12.9. The Balaban J connectivity index is 4.22. The Hall–Kier alpha value is -0.890. The molecule has 0 rings (SSSR count). The van der Waals surface area contributed by atoms with Crippen molar-refractivity contribution in [1.29, 1.82) is 0 Å². The van der Waals surface area contributed by atoms with Crippen molar-refractivity contribution < 1.29 is 9.90 Å². The fourth-order valence-corrected chi connectivity index (χ4v) is 1.40. The zero-order chi connectivity index (χ0) is 12.1. The van der Waals surface area contributed by atoms with E-state index in [0.717, 1.165) is 18.4 Å². The fraction of sp³-hybridized carbons (Fsp3) is 0.615. The summed E-state index contributed by atoms with van der Waals surface area (Å²) in [4.78, 5) is 11.4. The maximum Gasteiger partial charge on any atom is 0.160 e. The Bertz CT molecular complexity index is 262. The molecule has 0 spiro atoms. The second kappa shape index (κ2) is 5.86. The third kappa shape index (κ3) is 4.93. The lowest BCUT2D eigenvalue weighted by molar-refractivity contribution is -0.117. The molecule has 0 aromatic heterocycles. The number of allylic oxidation sites excluding steroid dienone is 1. The van der Waals surface area contributed by atoms with Crippen molar-refractivity contribution in [2.75, 3.05) is 0 Å². The van der Waals surface area contributed by atoms with Gasteiger partial charge in [-0.1, -0.05) is 19.1 Å². The number of rotatable bonds is 7. The molecule has 86 valence electrons. The van der Waals surface area contributed by atoms with Crippen LogP contribution in [-0.2, 0) is 4.79 Å². The van der Waals surface area contributed by atoms with Crippen LogP contribution in [-0.4, -0.2) is 16.5 Å². The molecule has 2 nitrogen and oxygen atoms in total. The van der Waals surface area contributed by atoms with E-state index in [9.17, 15) is 9.90 Å². The maximum atomic E-state index is 11.4. The van der Waals surface area contributed by atoms with Crippen molar-refractivity contribution in [3.8, 4) is 0 Å². The molecule has 0 bridgehead atoms. The van der Waals surface area contributed by atoms with E-state index in [2.05, 4.69) is 13.2 Å². The molecule has 0 aliphatic heterocycles. The molecule has 0 aromatic carbocycles. The van der Waals surface area contributed by atoms with E-state index in [1.54, 1.807) is 13.8 Å². The predicted molar refractivity (Wildman–Crippen MR) is 63.7 cm³/mol. The number of carbonyl (C=O) groups excluding carboxylic acids is 1. The molecule has 0 aromatic rings. The average Bonchev–Trinajstić information content (AvgIpc) is 2.14. The largest absolute Gasteiger partial charge is 0.385 e. The van der Waals surface area contributed by atoms with Gasteiger partial charge in [0.1, 0.15) is 0 Å². The molecule has 0 aliphatic carbocycles. The van der Waals surface area contributed by atoms with Crippen LogP contribution in [0.1, 0.15) is 46.5 Å². The number of hydrogen-bond donors (Lipinski definition) is 1. The number of hydrogen-bond acceptors (Lipinski definition) is 2. The van der Waals surface area contributed by atoms with Gasteiger partial charge in [-0.15, -0.1) is 6.58 Å². The zero-order valence-electron chi connectivity index (χ0n) is 10.1. The van der Waals surface area contributed by atoms with Crippen molar-refractivity contribution >= 4 is 5.78 Å². The van der Waals surface area contributed by atoms with Crippen LogP contribution in [0.15, 0.2) is 24.3 Å². The van der Waals surface area contributed by atoms with Gasteiger partial charge in [-0.25, -0.2) is 0 Å². The minimum atomic E-state index is -1.07. The first-order valence-electron chi connectivity index (χ1n) is 5.40. The van der Waals surface area contributed by atoms with Crippen LogP contribution in [0.2, 0.25) is 0 Å². The van der Waals surface area contributed by atoms with Gasteiger partial charge in [-0.2, -0.15) is 0 Å². The molecule has 2 heteroatoms. The van der Waals surface area contributed by atoms with Crippen molar-refractivity contribution in [3.05, 3.63) is 24.3 Å². The second-order valence-corrected chi connectivity index (χ2v) is 4.34. The van der Waals surface area contributed by atoms with Gasteiger partial charge in [0.05, 0.1) is 5.60 Å². The summed E-state index contributed by atoms with van der Waals surface area (Å²) in [5.74, 6) is -0.0599. The number of ketones is 1. The SMILES string of the molecule is C=C(C)CCC[C@@](C)(O)C(=C)C(=O)CC. The van der Waals surface area contributed by atoms with Crippen LogP contribution in [0.25, 0.3) is 0 Å². The lowest BCUT2D eigenvalue weighted by atomic mass is 9.87. The van der Waals surface area contributed by atoms with E-state index in [1.807, 2.05) is 6.92 Å². The molecule has 0 radical (unpaired) electrons. The third-order valence-electron chi connectivity index (χ3n) is 2.57. The molecular formula is C13H22O2. The van der Waals surface area contributed by atoms with E-state index in [4.69, 9.17) is 0 Å². The molecule has 0 fully saturated rings. The Morgan fingerprint density at radius 3 is 2.33 bits per heavy atom. The molecule has 0 amide bonds. The van der Waals surface area contributed by atoms with E-state index in [1.165, 1.54) is 0 Å². The maximum absolute atomic E-state index is 11.4. The van der Waals surface area contributed by atoms with Crippen molar-refractivity contribution in [3.63, 3.8) is 0 Å². The first kappa shape index (κ1) is 14.1. The van der Waals surface area contributed by atoms with Gasteiger partial charge in [-0.05, 0) is 33.1 Å². The highest BCUT2D eigenvalue weighted by molar-refractivity contribution is 5.96. The van der Waals surface area contributed by atoms with Gasteiger partial charge >= 0.3 is 0 Å². The summed E-state index contributed by atoms with van der Waals surface area (Å²) < 4.78 is 0. The summed E-state index contributed by atoms with van der Waals surface area (Å²) in [6.07, 6.45) is 2.67. The molecule has 0 saturated heterocycles. The summed E-state index contributed by atoms with van der Waals surface area (Å²) in [5.41, 5.74) is 0.354.